The van der Waals surface area contributed by atoms with E-state index in [9.17, 15) is 19.7 Å². The Kier molecular flexibility index (Phi) is 5.05. The SMILES string of the molecule is Cc1ccc([C@@H]2[C@H]3C(=O)N(c4cccc5ccccc45)C(=O)[C@H]3ON2c2cccc([N+](=O)[O-])c2)cc1. The lowest BCUT2D eigenvalue weighted by Crippen LogP contribution is -2.37. The Morgan fingerprint density at radius 1 is 0.861 bits per heavy atom. The van der Waals surface area contributed by atoms with Crippen molar-refractivity contribution < 1.29 is 19.3 Å². The molecule has 4 aromatic rings. The van der Waals surface area contributed by atoms with E-state index < -0.39 is 28.9 Å². The highest BCUT2D eigenvalue weighted by molar-refractivity contribution is 6.26. The molecule has 36 heavy (non-hydrogen) atoms. The molecule has 0 radical (unpaired) electrons. The van der Waals surface area contributed by atoms with Crippen molar-refractivity contribution in [2.75, 3.05) is 9.96 Å². The number of amides is 2. The second kappa shape index (κ2) is 8.28. The van der Waals surface area contributed by atoms with Gasteiger partial charge in [-0.05, 0) is 30.0 Å². The number of fused-ring (bicyclic) bond motifs is 2. The highest BCUT2D eigenvalue weighted by Crippen LogP contribution is 2.48. The topological polar surface area (TPSA) is 93.0 Å². The summed E-state index contributed by atoms with van der Waals surface area (Å²) in [5, 5.41) is 14.6. The molecule has 8 nitrogen and oxygen atoms in total. The molecule has 0 N–H and O–H groups in total. The summed E-state index contributed by atoms with van der Waals surface area (Å²) >= 11 is 0. The largest absolute Gasteiger partial charge is 0.273 e. The molecule has 2 aliphatic rings. The summed E-state index contributed by atoms with van der Waals surface area (Å²) in [4.78, 5) is 45.9. The third-order valence-electron chi connectivity index (χ3n) is 6.84. The molecule has 8 heteroatoms. The first-order valence-electron chi connectivity index (χ1n) is 11.6. The van der Waals surface area contributed by atoms with Crippen molar-refractivity contribution in [3.63, 3.8) is 0 Å². The highest BCUT2D eigenvalue weighted by Gasteiger charge is 2.60. The van der Waals surface area contributed by atoms with E-state index in [0.717, 1.165) is 21.9 Å². The van der Waals surface area contributed by atoms with Crippen LogP contribution in [0, 0.1) is 23.0 Å². The maximum Gasteiger partial charge on any atom is 0.271 e. The lowest BCUT2D eigenvalue weighted by atomic mass is 9.90. The van der Waals surface area contributed by atoms with Crippen molar-refractivity contribution in [2.24, 2.45) is 5.92 Å². The Balaban J connectivity index is 1.46. The first-order chi connectivity index (χ1) is 17.4. The molecular formula is C28H21N3O5. The molecule has 2 heterocycles. The van der Waals surface area contributed by atoms with E-state index in [-0.39, 0.29) is 11.6 Å². The van der Waals surface area contributed by atoms with Crippen LogP contribution in [0.5, 0.6) is 0 Å². The number of aryl methyl sites for hydroxylation is 1. The summed E-state index contributed by atoms with van der Waals surface area (Å²) in [7, 11) is 0. The fourth-order valence-corrected chi connectivity index (χ4v) is 5.13. The predicted octanol–water partition coefficient (Wildman–Crippen LogP) is 5.11. The standard InChI is InChI=1S/C28H21N3O5/c1-17-12-14-19(15-13-17)25-24-26(36-30(25)20-8-5-9-21(16-20)31(34)35)28(33)29(27(24)32)23-11-4-7-18-6-2-3-10-22(18)23/h2-16,24-26H,1H3/t24-,25-,26+/m1/s1. The second-order valence-electron chi connectivity index (χ2n) is 9.02. The molecule has 2 amide bonds. The van der Waals surface area contributed by atoms with Gasteiger partial charge in [-0.25, -0.2) is 9.96 Å². The lowest BCUT2D eigenvalue weighted by Gasteiger charge is -2.29. The fourth-order valence-electron chi connectivity index (χ4n) is 5.13. The van der Waals surface area contributed by atoms with Gasteiger partial charge in [0.1, 0.15) is 5.92 Å². The molecule has 2 aliphatic heterocycles. The minimum absolute atomic E-state index is 0.106. The number of carbonyl (C=O) groups excluding carboxylic acids is 2. The number of hydrogen-bond acceptors (Lipinski definition) is 6. The van der Waals surface area contributed by atoms with Crippen LogP contribution in [0.1, 0.15) is 17.2 Å². The molecule has 2 saturated heterocycles. The Hall–Kier alpha value is -4.56. The molecule has 3 atom stereocenters. The van der Waals surface area contributed by atoms with Crippen molar-refractivity contribution in [2.45, 2.75) is 19.1 Å². The monoisotopic (exact) mass is 479 g/mol. The maximum absolute atomic E-state index is 13.9. The predicted molar refractivity (Wildman–Crippen MR) is 134 cm³/mol. The van der Waals surface area contributed by atoms with Crippen LogP contribution < -0.4 is 9.96 Å². The van der Waals surface area contributed by atoms with Gasteiger partial charge in [-0.2, -0.15) is 0 Å². The molecule has 6 rings (SSSR count). The minimum Gasteiger partial charge on any atom is -0.273 e. The normalized spacial score (nSPS) is 21.3. The van der Waals surface area contributed by atoms with Crippen LogP contribution >= 0.6 is 0 Å². The van der Waals surface area contributed by atoms with E-state index >= 15 is 0 Å². The van der Waals surface area contributed by atoms with Crippen molar-refractivity contribution in [3.8, 4) is 0 Å². The molecule has 0 saturated carbocycles. The summed E-state index contributed by atoms with van der Waals surface area (Å²) in [6.07, 6.45) is -1.05. The number of rotatable bonds is 4. The van der Waals surface area contributed by atoms with Crippen LogP contribution in [-0.2, 0) is 14.4 Å². The molecule has 2 fully saturated rings. The molecule has 178 valence electrons. The van der Waals surface area contributed by atoms with Gasteiger partial charge in [0.25, 0.3) is 11.6 Å². The zero-order chi connectivity index (χ0) is 25.0. The minimum atomic E-state index is -1.05. The Labute approximate surface area is 206 Å². The lowest BCUT2D eigenvalue weighted by molar-refractivity contribution is -0.384. The number of anilines is 2. The van der Waals surface area contributed by atoms with Crippen LogP contribution in [0.2, 0.25) is 0 Å². The van der Waals surface area contributed by atoms with E-state index in [1.165, 1.54) is 22.1 Å². The van der Waals surface area contributed by atoms with Gasteiger partial charge in [0, 0.05) is 17.5 Å². The van der Waals surface area contributed by atoms with Gasteiger partial charge >= 0.3 is 0 Å². The van der Waals surface area contributed by atoms with E-state index in [4.69, 9.17) is 4.84 Å². The fraction of sp³-hybridized carbons (Fsp3) is 0.143. The molecule has 4 aromatic carbocycles. The number of nitro groups is 1. The van der Waals surface area contributed by atoms with Gasteiger partial charge in [0.2, 0.25) is 5.91 Å². The second-order valence-corrected chi connectivity index (χ2v) is 9.02. The van der Waals surface area contributed by atoms with Crippen molar-refractivity contribution in [1.82, 2.24) is 0 Å². The molecular weight excluding hydrogens is 458 g/mol. The summed E-state index contributed by atoms with van der Waals surface area (Å²) in [6.45, 7) is 1.96. The smallest absolute Gasteiger partial charge is 0.271 e. The van der Waals surface area contributed by atoms with Crippen molar-refractivity contribution in [3.05, 3.63) is 112 Å². The Bertz CT molecular complexity index is 1530. The molecule has 0 spiro atoms. The van der Waals surface area contributed by atoms with Crippen molar-refractivity contribution in [1.29, 1.82) is 0 Å². The van der Waals surface area contributed by atoms with Gasteiger partial charge in [0.05, 0.1) is 22.3 Å². The number of non-ortho nitro benzene ring substituents is 1. The summed E-state index contributed by atoms with van der Waals surface area (Å²) in [6, 6.07) is 26.1. The average Bonchev–Trinajstić information content (AvgIpc) is 3.40. The number of carbonyl (C=O) groups is 2. The first kappa shape index (κ1) is 21.9. The maximum atomic E-state index is 13.9. The number of nitro benzene ring substituents is 1. The number of imide groups is 1. The number of nitrogens with zero attached hydrogens (tertiary/aromatic N) is 3. The number of hydroxylamine groups is 1. The third-order valence-corrected chi connectivity index (χ3v) is 6.84. The summed E-state index contributed by atoms with van der Waals surface area (Å²) < 4.78 is 0. The van der Waals surface area contributed by atoms with Crippen LogP contribution in [0.25, 0.3) is 10.8 Å². The summed E-state index contributed by atoms with van der Waals surface area (Å²) in [5.74, 6) is -1.63. The molecule has 0 unspecified atom stereocenters. The Morgan fingerprint density at radius 2 is 1.58 bits per heavy atom. The van der Waals surface area contributed by atoms with E-state index in [1.54, 1.807) is 18.2 Å². The van der Waals surface area contributed by atoms with Gasteiger partial charge in [-0.1, -0.05) is 72.3 Å². The van der Waals surface area contributed by atoms with Gasteiger partial charge in [-0.15, -0.1) is 0 Å². The van der Waals surface area contributed by atoms with Crippen LogP contribution in [0.4, 0.5) is 17.1 Å². The number of hydrogen-bond donors (Lipinski definition) is 0. The molecule has 0 aliphatic carbocycles. The van der Waals surface area contributed by atoms with Gasteiger partial charge in [-0.3, -0.25) is 24.5 Å². The zero-order valence-electron chi connectivity index (χ0n) is 19.3. The first-order valence-corrected chi connectivity index (χ1v) is 11.6. The van der Waals surface area contributed by atoms with E-state index in [2.05, 4.69) is 0 Å². The summed E-state index contributed by atoms with van der Waals surface area (Å²) in [5.41, 5.74) is 2.64. The van der Waals surface area contributed by atoms with Crippen LogP contribution in [-0.4, -0.2) is 22.8 Å². The Morgan fingerprint density at radius 3 is 2.36 bits per heavy atom. The van der Waals surface area contributed by atoms with Crippen LogP contribution in [0.3, 0.4) is 0 Å². The van der Waals surface area contributed by atoms with Gasteiger partial charge in [0.15, 0.2) is 6.10 Å². The number of benzene rings is 4. The van der Waals surface area contributed by atoms with Gasteiger partial charge < -0.3 is 0 Å². The molecule has 0 aromatic heterocycles. The zero-order valence-corrected chi connectivity index (χ0v) is 19.3. The van der Waals surface area contributed by atoms with Crippen LogP contribution in [0.15, 0.2) is 91.0 Å². The highest BCUT2D eigenvalue weighted by atomic mass is 16.7. The van der Waals surface area contributed by atoms with E-state index in [1.807, 2.05) is 67.6 Å². The third kappa shape index (κ3) is 3.34. The van der Waals surface area contributed by atoms with Crippen molar-refractivity contribution >= 4 is 39.6 Å². The molecule has 0 bridgehead atoms. The van der Waals surface area contributed by atoms with E-state index in [0.29, 0.717) is 11.4 Å². The quantitative estimate of drug-likeness (QED) is 0.230. The average molecular weight is 479 g/mol.